The lowest BCUT2D eigenvalue weighted by Gasteiger charge is -2.22. The molecular weight excluding hydrogens is 442 g/mol. The highest BCUT2D eigenvalue weighted by molar-refractivity contribution is 5.94. The van der Waals surface area contributed by atoms with Gasteiger partial charge in [-0.25, -0.2) is 9.97 Å². The minimum atomic E-state index is -1.59. The van der Waals surface area contributed by atoms with Gasteiger partial charge in [-0.15, -0.1) is 0 Å². The fraction of sp³-hybridized carbons (Fsp3) is 0.286. The zero-order valence-electron chi connectivity index (χ0n) is 20.3. The molecule has 1 atom stereocenters. The van der Waals surface area contributed by atoms with E-state index >= 15 is 0 Å². The first-order valence-electron chi connectivity index (χ1n) is 11.6. The van der Waals surface area contributed by atoms with Gasteiger partial charge in [0.25, 0.3) is 0 Å². The van der Waals surface area contributed by atoms with Crippen molar-refractivity contribution in [1.82, 2.24) is 14.5 Å². The summed E-state index contributed by atoms with van der Waals surface area (Å²) in [5.74, 6) is -4.18. The van der Waals surface area contributed by atoms with E-state index in [-0.39, 0.29) is 0 Å². The molecular formula is C28H29N3O4. The molecule has 4 aromatic rings. The zero-order chi connectivity index (χ0) is 25.3. The minimum Gasteiger partial charge on any atom is -0.481 e. The van der Waals surface area contributed by atoms with E-state index in [2.05, 4.69) is 11.5 Å². The van der Waals surface area contributed by atoms with Crippen molar-refractivity contribution in [1.29, 1.82) is 0 Å². The molecule has 180 valence electrons. The average molecular weight is 472 g/mol. The molecule has 2 aromatic carbocycles. The van der Waals surface area contributed by atoms with Crippen molar-refractivity contribution in [3.8, 4) is 0 Å². The number of aromatic nitrogens is 3. The van der Waals surface area contributed by atoms with Gasteiger partial charge in [-0.05, 0) is 49.1 Å². The van der Waals surface area contributed by atoms with Crippen molar-refractivity contribution in [3.63, 3.8) is 0 Å². The summed E-state index contributed by atoms with van der Waals surface area (Å²) < 4.78 is 2.11. The highest BCUT2D eigenvalue weighted by atomic mass is 16.4. The summed E-state index contributed by atoms with van der Waals surface area (Å²) in [5.41, 5.74) is 7.07. The summed E-state index contributed by atoms with van der Waals surface area (Å²) in [5, 5.41) is 19.4. The van der Waals surface area contributed by atoms with Gasteiger partial charge in [0, 0.05) is 18.0 Å². The predicted molar refractivity (Wildman–Crippen MR) is 134 cm³/mol. The van der Waals surface area contributed by atoms with Crippen LogP contribution in [0.2, 0.25) is 0 Å². The van der Waals surface area contributed by atoms with Gasteiger partial charge in [-0.3, -0.25) is 9.59 Å². The van der Waals surface area contributed by atoms with Crippen molar-refractivity contribution in [2.75, 3.05) is 0 Å². The Morgan fingerprint density at radius 1 is 0.886 bits per heavy atom. The summed E-state index contributed by atoms with van der Waals surface area (Å²) in [4.78, 5) is 33.4. The molecule has 2 N–H and O–H groups in total. The number of aryl methyl sites for hydroxylation is 4. The van der Waals surface area contributed by atoms with Crippen LogP contribution < -0.4 is 0 Å². The second-order valence-corrected chi connectivity index (χ2v) is 9.00. The number of benzene rings is 2. The van der Waals surface area contributed by atoms with Gasteiger partial charge in [0.15, 0.2) is 11.6 Å². The van der Waals surface area contributed by atoms with Gasteiger partial charge in [-0.1, -0.05) is 61.0 Å². The summed E-state index contributed by atoms with van der Waals surface area (Å²) >= 11 is 0. The normalized spacial score (nSPS) is 12.3. The third-order valence-electron chi connectivity index (χ3n) is 6.40. The molecule has 2 heterocycles. The maximum atomic E-state index is 11.9. The Hall–Kier alpha value is -4.00. The molecule has 0 fully saturated rings. The number of carboxylic acid groups (broad SMARTS) is 2. The number of imidazole rings is 1. The van der Waals surface area contributed by atoms with Crippen LogP contribution in [0.3, 0.4) is 0 Å². The number of fused-ring (bicyclic) bond motifs is 1. The molecule has 0 saturated carbocycles. The highest BCUT2D eigenvalue weighted by Gasteiger charge is 2.37. The van der Waals surface area contributed by atoms with E-state index in [0.29, 0.717) is 17.7 Å². The molecule has 0 aliphatic rings. The lowest BCUT2D eigenvalue weighted by Crippen LogP contribution is -2.30. The van der Waals surface area contributed by atoms with Crippen LogP contribution in [0.1, 0.15) is 52.2 Å². The van der Waals surface area contributed by atoms with E-state index in [1.165, 1.54) is 0 Å². The van der Waals surface area contributed by atoms with Gasteiger partial charge < -0.3 is 14.8 Å². The Labute approximate surface area is 204 Å². The lowest BCUT2D eigenvalue weighted by molar-refractivity contribution is -0.155. The fourth-order valence-corrected chi connectivity index (χ4v) is 4.64. The molecule has 0 bridgehead atoms. The maximum Gasteiger partial charge on any atom is 0.318 e. The lowest BCUT2D eigenvalue weighted by atomic mass is 9.80. The van der Waals surface area contributed by atoms with Crippen molar-refractivity contribution < 1.29 is 19.8 Å². The van der Waals surface area contributed by atoms with Crippen LogP contribution >= 0.6 is 0 Å². The van der Waals surface area contributed by atoms with E-state index in [0.717, 1.165) is 45.8 Å². The first-order valence-corrected chi connectivity index (χ1v) is 11.6. The third kappa shape index (κ3) is 4.80. The van der Waals surface area contributed by atoms with E-state index in [9.17, 15) is 19.8 Å². The quantitative estimate of drug-likeness (QED) is 0.355. The Kier molecular flexibility index (Phi) is 6.69. The Morgan fingerprint density at radius 2 is 1.46 bits per heavy atom. The second kappa shape index (κ2) is 9.70. The van der Waals surface area contributed by atoms with Gasteiger partial charge in [-0.2, -0.15) is 0 Å². The number of nitrogens with zero attached hydrogens (tertiary/aromatic N) is 3. The summed E-state index contributed by atoms with van der Waals surface area (Å²) in [7, 11) is 0. The molecule has 2 aromatic heterocycles. The Bertz CT molecular complexity index is 1370. The van der Waals surface area contributed by atoms with Crippen LogP contribution in [0.15, 0.2) is 54.6 Å². The largest absolute Gasteiger partial charge is 0.481 e. The van der Waals surface area contributed by atoms with Crippen LogP contribution in [0.25, 0.3) is 11.2 Å². The average Bonchev–Trinajstić information content (AvgIpc) is 3.16. The topological polar surface area (TPSA) is 105 Å². The summed E-state index contributed by atoms with van der Waals surface area (Å²) in [6, 6.07) is 16.9. The number of carbonyl (C=O) groups is 2. The predicted octanol–water partition coefficient (Wildman–Crippen LogP) is 4.88. The van der Waals surface area contributed by atoms with Gasteiger partial charge in [0.2, 0.25) is 0 Å². The zero-order valence-corrected chi connectivity index (χ0v) is 20.3. The van der Waals surface area contributed by atoms with E-state index in [1.807, 2.05) is 63.2 Å². The molecule has 0 aliphatic carbocycles. The standard InChI is InChI=1S/C28H29N3O4/c1-5-22-30-25-17(3)14-18(4)29-26(25)31(22)15-19-8-12-21(13-9-19)23(24(27(32)33)28(34)35)20-10-6-16(2)7-11-20/h6-14,23-24H,5,15H2,1-4H3,(H,32,33)(H,34,35). The monoisotopic (exact) mass is 471 g/mol. The molecule has 0 spiro atoms. The van der Waals surface area contributed by atoms with Gasteiger partial charge in [0.1, 0.15) is 11.3 Å². The van der Waals surface area contributed by atoms with Crippen LogP contribution in [0, 0.1) is 26.7 Å². The molecule has 0 aliphatic heterocycles. The van der Waals surface area contributed by atoms with Crippen molar-refractivity contribution >= 4 is 23.1 Å². The first-order chi connectivity index (χ1) is 16.7. The molecule has 35 heavy (non-hydrogen) atoms. The minimum absolute atomic E-state index is 0.562. The van der Waals surface area contributed by atoms with Crippen molar-refractivity contribution in [2.45, 2.75) is 46.6 Å². The SMILES string of the molecule is CCc1nc2c(C)cc(C)nc2n1Cc1ccc(C(c2ccc(C)cc2)C(C(=O)O)C(=O)O)cc1. The van der Waals surface area contributed by atoms with E-state index in [4.69, 9.17) is 9.97 Å². The van der Waals surface area contributed by atoms with Gasteiger partial charge >= 0.3 is 11.9 Å². The number of aliphatic carboxylic acids is 2. The number of rotatable bonds is 8. The molecule has 7 nitrogen and oxygen atoms in total. The van der Waals surface area contributed by atoms with Crippen LogP contribution in [0.4, 0.5) is 0 Å². The van der Waals surface area contributed by atoms with Crippen LogP contribution in [-0.2, 0) is 22.6 Å². The second-order valence-electron chi connectivity index (χ2n) is 9.00. The number of carboxylic acids is 2. The molecule has 7 heteroatoms. The molecule has 0 radical (unpaired) electrons. The fourth-order valence-electron chi connectivity index (χ4n) is 4.64. The number of hydrogen-bond donors (Lipinski definition) is 2. The maximum absolute atomic E-state index is 11.9. The third-order valence-corrected chi connectivity index (χ3v) is 6.40. The molecule has 4 rings (SSSR count). The van der Waals surface area contributed by atoms with Crippen LogP contribution in [-0.4, -0.2) is 36.7 Å². The van der Waals surface area contributed by atoms with Gasteiger partial charge in [0.05, 0.1) is 6.54 Å². The number of pyridine rings is 1. The first kappa shape index (κ1) is 24.1. The smallest absolute Gasteiger partial charge is 0.318 e. The number of hydrogen-bond acceptors (Lipinski definition) is 4. The summed E-state index contributed by atoms with van der Waals surface area (Å²) in [6.07, 6.45) is 0.765. The molecule has 0 saturated heterocycles. The highest BCUT2D eigenvalue weighted by Crippen LogP contribution is 2.33. The molecule has 0 amide bonds. The summed E-state index contributed by atoms with van der Waals surface area (Å²) in [6.45, 7) is 8.56. The Morgan fingerprint density at radius 3 is 2.00 bits per heavy atom. The molecule has 1 unspecified atom stereocenters. The van der Waals surface area contributed by atoms with E-state index < -0.39 is 23.8 Å². The van der Waals surface area contributed by atoms with Crippen molar-refractivity contribution in [3.05, 3.63) is 93.9 Å². The van der Waals surface area contributed by atoms with E-state index in [1.54, 1.807) is 12.1 Å². The Balaban J connectivity index is 1.73. The van der Waals surface area contributed by atoms with Crippen LogP contribution in [0.5, 0.6) is 0 Å². The van der Waals surface area contributed by atoms with Crippen molar-refractivity contribution in [2.24, 2.45) is 5.92 Å².